The first-order valence-electron chi connectivity index (χ1n) is 8.66. The molecule has 0 atom stereocenters. The van der Waals surface area contributed by atoms with E-state index in [1.165, 1.54) is 6.92 Å². The number of rotatable bonds is 5. The van der Waals surface area contributed by atoms with Crippen LogP contribution < -0.4 is 15.4 Å². The SMILES string of the molecule is CCOc1c(C(=O)NC)cn(C)c1-c1nc2cc(NC(C)=O)ccc2n1C. The molecule has 27 heavy (non-hydrogen) atoms. The third-order valence-electron chi connectivity index (χ3n) is 4.31. The van der Waals surface area contributed by atoms with Gasteiger partial charge >= 0.3 is 0 Å². The van der Waals surface area contributed by atoms with Crippen molar-refractivity contribution in [2.75, 3.05) is 19.0 Å². The van der Waals surface area contributed by atoms with Gasteiger partial charge in [-0.15, -0.1) is 0 Å². The minimum absolute atomic E-state index is 0.137. The molecule has 2 heterocycles. The number of fused-ring (bicyclic) bond motifs is 1. The fourth-order valence-electron chi connectivity index (χ4n) is 3.14. The van der Waals surface area contributed by atoms with Crippen molar-refractivity contribution >= 4 is 28.5 Å². The van der Waals surface area contributed by atoms with Crippen LogP contribution >= 0.6 is 0 Å². The highest BCUT2D eigenvalue weighted by Crippen LogP contribution is 2.36. The summed E-state index contributed by atoms with van der Waals surface area (Å²) in [4.78, 5) is 28.3. The molecule has 0 saturated heterocycles. The van der Waals surface area contributed by atoms with Gasteiger partial charge in [0.05, 0.1) is 23.2 Å². The largest absolute Gasteiger partial charge is 0.491 e. The Bertz CT molecular complexity index is 1030. The summed E-state index contributed by atoms with van der Waals surface area (Å²) in [5, 5.41) is 5.40. The molecule has 3 rings (SSSR count). The van der Waals surface area contributed by atoms with Gasteiger partial charge in [0, 0.05) is 40.0 Å². The fraction of sp³-hybridized carbons (Fsp3) is 0.316. The molecule has 8 heteroatoms. The zero-order valence-corrected chi connectivity index (χ0v) is 16.1. The van der Waals surface area contributed by atoms with Crippen molar-refractivity contribution < 1.29 is 14.3 Å². The number of aromatic nitrogens is 3. The summed E-state index contributed by atoms with van der Waals surface area (Å²) in [5.41, 5.74) is 3.51. The first-order valence-corrected chi connectivity index (χ1v) is 8.66. The van der Waals surface area contributed by atoms with Crippen LogP contribution in [0.1, 0.15) is 24.2 Å². The number of benzene rings is 1. The summed E-state index contributed by atoms with van der Waals surface area (Å²) in [6.45, 7) is 3.77. The molecular weight excluding hydrogens is 346 g/mol. The quantitative estimate of drug-likeness (QED) is 0.722. The molecule has 1 aromatic carbocycles. The maximum absolute atomic E-state index is 12.2. The van der Waals surface area contributed by atoms with Crippen LogP contribution in [0, 0.1) is 0 Å². The number of nitrogens with one attached hydrogen (secondary N) is 2. The average molecular weight is 369 g/mol. The normalized spacial score (nSPS) is 10.9. The predicted molar refractivity (Wildman–Crippen MR) is 104 cm³/mol. The fourth-order valence-corrected chi connectivity index (χ4v) is 3.14. The first-order chi connectivity index (χ1) is 12.9. The average Bonchev–Trinajstić information content (AvgIpc) is 3.11. The maximum atomic E-state index is 12.2. The Kier molecular flexibility index (Phi) is 4.89. The van der Waals surface area contributed by atoms with E-state index in [-0.39, 0.29) is 11.8 Å². The molecule has 2 aromatic heterocycles. The second-order valence-corrected chi connectivity index (χ2v) is 6.22. The molecule has 3 aromatic rings. The van der Waals surface area contributed by atoms with Gasteiger partial charge in [-0.3, -0.25) is 9.59 Å². The lowest BCUT2D eigenvalue weighted by molar-refractivity contribution is -0.114. The number of ether oxygens (including phenoxy) is 1. The third kappa shape index (κ3) is 3.25. The van der Waals surface area contributed by atoms with E-state index >= 15 is 0 Å². The summed E-state index contributed by atoms with van der Waals surface area (Å²) in [6.07, 6.45) is 1.74. The number of hydrogen-bond donors (Lipinski definition) is 2. The van der Waals surface area contributed by atoms with Gasteiger partial charge in [0.15, 0.2) is 11.6 Å². The van der Waals surface area contributed by atoms with Crippen molar-refractivity contribution in [3.63, 3.8) is 0 Å². The highest BCUT2D eigenvalue weighted by molar-refractivity contribution is 5.99. The number of anilines is 1. The Morgan fingerprint density at radius 1 is 1.26 bits per heavy atom. The minimum atomic E-state index is -0.216. The van der Waals surface area contributed by atoms with Gasteiger partial charge in [0.2, 0.25) is 5.91 Å². The lowest BCUT2D eigenvalue weighted by Crippen LogP contribution is -2.18. The zero-order valence-electron chi connectivity index (χ0n) is 16.1. The molecule has 0 aliphatic carbocycles. The Hall–Kier alpha value is -3.29. The minimum Gasteiger partial charge on any atom is -0.491 e. The van der Waals surface area contributed by atoms with E-state index < -0.39 is 0 Å². The molecule has 0 saturated carbocycles. The first kappa shape index (κ1) is 18.5. The lowest BCUT2D eigenvalue weighted by Gasteiger charge is -2.09. The van der Waals surface area contributed by atoms with Crippen molar-refractivity contribution in [2.24, 2.45) is 14.1 Å². The summed E-state index contributed by atoms with van der Waals surface area (Å²) in [5.74, 6) is 0.819. The van der Waals surface area contributed by atoms with Crippen LogP contribution in [0.25, 0.3) is 22.6 Å². The van der Waals surface area contributed by atoms with E-state index in [0.29, 0.717) is 29.4 Å². The van der Waals surface area contributed by atoms with E-state index in [9.17, 15) is 9.59 Å². The summed E-state index contributed by atoms with van der Waals surface area (Å²) in [7, 11) is 5.35. The van der Waals surface area contributed by atoms with Crippen molar-refractivity contribution in [1.29, 1.82) is 0 Å². The second-order valence-electron chi connectivity index (χ2n) is 6.22. The molecule has 0 bridgehead atoms. The third-order valence-corrected chi connectivity index (χ3v) is 4.31. The smallest absolute Gasteiger partial charge is 0.256 e. The van der Waals surface area contributed by atoms with Gasteiger partial charge in [-0.05, 0) is 25.1 Å². The molecule has 0 spiro atoms. The highest BCUT2D eigenvalue weighted by Gasteiger charge is 2.25. The highest BCUT2D eigenvalue weighted by atomic mass is 16.5. The standard InChI is InChI=1S/C19H23N5O3/c1-6-27-17-13(19(26)20-3)10-23(4)16(17)18-22-14-9-12(21-11(2)25)7-8-15(14)24(18)5/h7-10H,6H2,1-5H3,(H,20,26)(H,21,25). The maximum Gasteiger partial charge on any atom is 0.256 e. The van der Waals surface area contributed by atoms with Crippen LogP contribution in [0.5, 0.6) is 5.75 Å². The summed E-state index contributed by atoms with van der Waals surface area (Å²) >= 11 is 0. The van der Waals surface area contributed by atoms with Crippen LogP contribution in [-0.4, -0.2) is 39.6 Å². The molecular formula is C19H23N5O3. The monoisotopic (exact) mass is 369 g/mol. The molecule has 0 radical (unpaired) electrons. The molecule has 0 fully saturated rings. The predicted octanol–water partition coefficient (Wildman–Crippen LogP) is 2.30. The molecule has 0 aliphatic rings. The molecule has 2 amide bonds. The van der Waals surface area contributed by atoms with Gasteiger partial charge < -0.3 is 24.5 Å². The van der Waals surface area contributed by atoms with Crippen molar-refractivity contribution in [2.45, 2.75) is 13.8 Å². The van der Waals surface area contributed by atoms with E-state index in [2.05, 4.69) is 10.6 Å². The van der Waals surface area contributed by atoms with Crippen LogP contribution in [0.3, 0.4) is 0 Å². The Balaban J connectivity index is 2.20. The second kappa shape index (κ2) is 7.14. The molecule has 142 valence electrons. The number of amides is 2. The van der Waals surface area contributed by atoms with Gasteiger partial charge in [0.1, 0.15) is 5.69 Å². The van der Waals surface area contributed by atoms with Crippen LogP contribution in [0.4, 0.5) is 5.69 Å². The number of nitrogens with zero attached hydrogens (tertiary/aromatic N) is 3. The Morgan fingerprint density at radius 2 is 2.00 bits per heavy atom. The number of carbonyl (C=O) groups excluding carboxylic acids is 2. The van der Waals surface area contributed by atoms with E-state index in [1.54, 1.807) is 13.2 Å². The van der Waals surface area contributed by atoms with Crippen molar-refractivity contribution in [1.82, 2.24) is 19.4 Å². The number of aryl methyl sites for hydroxylation is 2. The van der Waals surface area contributed by atoms with Gasteiger partial charge in [-0.1, -0.05) is 0 Å². The Morgan fingerprint density at radius 3 is 2.63 bits per heavy atom. The number of imidazole rings is 1. The van der Waals surface area contributed by atoms with Crippen LogP contribution in [0.15, 0.2) is 24.4 Å². The molecule has 8 nitrogen and oxygen atoms in total. The number of hydrogen-bond acceptors (Lipinski definition) is 4. The van der Waals surface area contributed by atoms with Crippen molar-refractivity contribution in [3.05, 3.63) is 30.0 Å². The van der Waals surface area contributed by atoms with Gasteiger partial charge in [0.25, 0.3) is 5.91 Å². The lowest BCUT2D eigenvalue weighted by atomic mass is 10.2. The molecule has 0 aliphatic heterocycles. The Labute approximate surface area is 157 Å². The zero-order chi connectivity index (χ0) is 19.7. The molecule has 2 N–H and O–H groups in total. The van der Waals surface area contributed by atoms with E-state index in [1.807, 2.05) is 48.4 Å². The number of carbonyl (C=O) groups is 2. The van der Waals surface area contributed by atoms with Crippen LogP contribution in [0.2, 0.25) is 0 Å². The van der Waals surface area contributed by atoms with Crippen LogP contribution in [-0.2, 0) is 18.9 Å². The van der Waals surface area contributed by atoms with Crippen molar-refractivity contribution in [3.8, 4) is 17.3 Å². The van der Waals surface area contributed by atoms with E-state index in [0.717, 1.165) is 16.7 Å². The van der Waals surface area contributed by atoms with E-state index in [4.69, 9.17) is 9.72 Å². The summed E-state index contributed by atoms with van der Waals surface area (Å²) < 4.78 is 9.58. The molecule has 0 unspecified atom stereocenters. The van der Waals surface area contributed by atoms with Gasteiger partial charge in [-0.2, -0.15) is 0 Å². The topological polar surface area (TPSA) is 90.2 Å². The summed E-state index contributed by atoms with van der Waals surface area (Å²) in [6, 6.07) is 5.56. The van der Waals surface area contributed by atoms with Gasteiger partial charge in [-0.25, -0.2) is 4.98 Å².